The summed E-state index contributed by atoms with van der Waals surface area (Å²) in [5, 5.41) is 0.190. The van der Waals surface area contributed by atoms with Gasteiger partial charge in [0.15, 0.2) is 0 Å². The Hall–Kier alpha value is 0.470. The molecule has 0 aromatic carbocycles. The van der Waals surface area contributed by atoms with E-state index in [-0.39, 0.29) is 5.38 Å². The lowest BCUT2D eigenvalue weighted by molar-refractivity contribution is 0.494. The summed E-state index contributed by atoms with van der Waals surface area (Å²) in [6.45, 7) is 4.40. The van der Waals surface area contributed by atoms with Gasteiger partial charge in [-0.25, -0.2) is 0 Å². The van der Waals surface area contributed by atoms with E-state index in [1.165, 1.54) is 27.1 Å². The number of alkyl halides is 1. The third-order valence-corrected chi connectivity index (χ3v) is 5.71. The first-order valence-corrected chi connectivity index (χ1v) is 7.04. The third-order valence-electron chi connectivity index (χ3n) is 2.91. The van der Waals surface area contributed by atoms with Crippen LogP contribution in [0.1, 0.15) is 34.9 Å². The molecule has 1 aromatic heterocycles. The number of hydrogen-bond acceptors (Lipinski definition) is 1. The summed E-state index contributed by atoms with van der Waals surface area (Å²) in [7, 11) is 0. The molecule has 1 aromatic rings. The van der Waals surface area contributed by atoms with Crippen LogP contribution < -0.4 is 0 Å². The van der Waals surface area contributed by atoms with Crippen molar-refractivity contribution in [1.82, 2.24) is 0 Å². The average molecular weight is 294 g/mol. The minimum Gasteiger partial charge on any atom is -0.143 e. The lowest BCUT2D eigenvalue weighted by atomic mass is 10.0. The fourth-order valence-corrected chi connectivity index (χ4v) is 4.37. The van der Waals surface area contributed by atoms with Gasteiger partial charge in [-0.1, -0.05) is 6.92 Å². The van der Waals surface area contributed by atoms with Gasteiger partial charge in [-0.2, -0.15) is 0 Å². The molecular weight excluding hydrogens is 280 g/mol. The zero-order chi connectivity index (χ0) is 10.3. The Morgan fingerprint density at radius 3 is 2.64 bits per heavy atom. The molecule has 1 aliphatic rings. The lowest BCUT2D eigenvalue weighted by Gasteiger charge is -2.16. The summed E-state index contributed by atoms with van der Waals surface area (Å²) < 4.78 is 1.19. The standard InChI is InChI=1S/C11H14BrClS/c1-6-5-9(12)11(14-6)10(13)7(2)8-3-4-8/h5,7-8,10H,3-4H2,1-2H3. The van der Waals surface area contributed by atoms with Gasteiger partial charge in [0.05, 0.1) is 5.38 Å². The van der Waals surface area contributed by atoms with Gasteiger partial charge in [0.2, 0.25) is 0 Å². The van der Waals surface area contributed by atoms with E-state index < -0.39 is 0 Å². The minimum atomic E-state index is 0.190. The maximum atomic E-state index is 6.49. The van der Waals surface area contributed by atoms with Crippen molar-refractivity contribution >= 4 is 38.9 Å². The van der Waals surface area contributed by atoms with Crippen molar-refractivity contribution in [2.75, 3.05) is 0 Å². The predicted molar refractivity (Wildman–Crippen MR) is 67.2 cm³/mol. The highest BCUT2D eigenvalue weighted by molar-refractivity contribution is 9.10. The zero-order valence-electron chi connectivity index (χ0n) is 8.39. The lowest BCUT2D eigenvalue weighted by Crippen LogP contribution is -2.04. The van der Waals surface area contributed by atoms with Crippen LogP contribution in [0, 0.1) is 18.8 Å². The Bertz CT molecular complexity index is 330. The van der Waals surface area contributed by atoms with Gasteiger partial charge in [-0.05, 0) is 53.6 Å². The van der Waals surface area contributed by atoms with Crippen LogP contribution in [0.4, 0.5) is 0 Å². The van der Waals surface area contributed by atoms with Crippen molar-refractivity contribution in [2.24, 2.45) is 11.8 Å². The maximum Gasteiger partial charge on any atom is 0.0718 e. The Morgan fingerprint density at radius 1 is 1.57 bits per heavy atom. The van der Waals surface area contributed by atoms with E-state index in [1.54, 1.807) is 0 Å². The molecule has 0 amide bonds. The SMILES string of the molecule is Cc1cc(Br)c(C(Cl)C(C)C2CC2)s1. The van der Waals surface area contributed by atoms with E-state index in [0.717, 1.165) is 5.92 Å². The first-order valence-electron chi connectivity index (χ1n) is 4.99. The van der Waals surface area contributed by atoms with Gasteiger partial charge in [-0.15, -0.1) is 22.9 Å². The van der Waals surface area contributed by atoms with Crippen molar-refractivity contribution in [2.45, 2.75) is 32.1 Å². The maximum absolute atomic E-state index is 6.49. The fourth-order valence-electron chi connectivity index (χ4n) is 1.79. The average Bonchev–Trinajstić information content (AvgIpc) is 2.90. The van der Waals surface area contributed by atoms with Crippen LogP contribution in [0.2, 0.25) is 0 Å². The van der Waals surface area contributed by atoms with Crippen LogP contribution in [0.15, 0.2) is 10.5 Å². The van der Waals surface area contributed by atoms with E-state index in [0.29, 0.717) is 5.92 Å². The van der Waals surface area contributed by atoms with Crippen molar-refractivity contribution in [3.8, 4) is 0 Å². The molecule has 0 radical (unpaired) electrons. The highest BCUT2D eigenvalue weighted by Crippen LogP contribution is 2.48. The molecule has 0 aliphatic heterocycles. The van der Waals surface area contributed by atoms with E-state index in [9.17, 15) is 0 Å². The molecule has 1 aliphatic carbocycles. The number of hydrogen-bond donors (Lipinski definition) is 0. The van der Waals surface area contributed by atoms with E-state index in [1.807, 2.05) is 11.3 Å². The van der Waals surface area contributed by atoms with Crippen molar-refractivity contribution < 1.29 is 0 Å². The van der Waals surface area contributed by atoms with Gasteiger partial charge in [0, 0.05) is 14.2 Å². The van der Waals surface area contributed by atoms with Gasteiger partial charge in [0.25, 0.3) is 0 Å². The van der Waals surface area contributed by atoms with Crippen molar-refractivity contribution in [3.05, 3.63) is 20.3 Å². The van der Waals surface area contributed by atoms with Crippen LogP contribution >= 0.6 is 38.9 Å². The molecule has 0 nitrogen and oxygen atoms in total. The smallest absolute Gasteiger partial charge is 0.0718 e. The summed E-state index contributed by atoms with van der Waals surface area (Å²) in [5.41, 5.74) is 0. The van der Waals surface area contributed by atoms with Crippen molar-refractivity contribution in [3.63, 3.8) is 0 Å². The Labute approximate surface area is 103 Å². The second-order valence-corrected chi connectivity index (χ2v) is 6.78. The molecule has 0 spiro atoms. The molecule has 2 unspecified atom stereocenters. The Kier molecular flexibility index (Phi) is 3.25. The molecule has 0 saturated heterocycles. The van der Waals surface area contributed by atoms with Gasteiger partial charge in [-0.3, -0.25) is 0 Å². The van der Waals surface area contributed by atoms with E-state index >= 15 is 0 Å². The van der Waals surface area contributed by atoms with Crippen LogP contribution in [-0.4, -0.2) is 0 Å². The fraction of sp³-hybridized carbons (Fsp3) is 0.636. The van der Waals surface area contributed by atoms with Crippen LogP contribution in [0.3, 0.4) is 0 Å². The molecule has 3 heteroatoms. The molecule has 0 bridgehead atoms. The largest absolute Gasteiger partial charge is 0.143 e. The minimum absolute atomic E-state index is 0.190. The highest BCUT2D eigenvalue weighted by Gasteiger charge is 2.34. The molecule has 1 saturated carbocycles. The highest BCUT2D eigenvalue weighted by atomic mass is 79.9. The van der Waals surface area contributed by atoms with Gasteiger partial charge in [0.1, 0.15) is 0 Å². The number of halogens is 2. The predicted octanol–water partition coefficient (Wildman–Crippen LogP) is 5.15. The molecule has 2 atom stereocenters. The molecule has 1 heterocycles. The molecule has 14 heavy (non-hydrogen) atoms. The van der Waals surface area contributed by atoms with E-state index in [4.69, 9.17) is 11.6 Å². The number of rotatable bonds is 3. The van der Waals surface area contributed by atoms with Crippen LogP contribution in [0.5, 0.6) is 0 Å². The number of thiophene rings is 1. The quantitative estimate of drug-likeness (QED) is 0.677. The second kappa shape index (κ2) is 4.15. The van der Waals surface area contributed by atoms with Crippen LogP contribution in [0.25, 0.3) is 0 Å². The van der Waals surface area contributed by atoms with E-state index in [2.05, 4.69) is 35.8 Å². The van der Waals surface area contributed by atoms with Gasteiger partial charge < -0.3 is 0 Å². The van der Waals surface area contributed by atoms with Gasteiger partial charge >= 0.3 is 0 Å². The van der Waals surface area contributed by atoms with Crippen LogP contribution in [-0.2, 0) is 0 Å². The summed E-state index contributed by atoms with van der Waals surface area (Å²) in [5.74, 6) is 1.48. The summed E-state index contributed by atoms with van der Waals surface area (Å²) in [6.07, 6.45) is 2.73. The summed E-state index contributed by atoms with van der Waals surface area (Å²) in [4.78, 5) is 2.64. The summed E-state index contributed by atoms with van der Waals surface area (Å²) >= 11 is 11.9. The second-order valence-electron chi connectivity index (χ2n) is 4.17. The Balaban J connectivity index is 2.16. The molecule has 2 rings (SSSR count). The third kappa shape index (κ3) is 2.17. The molecule has 1 fully saturated rings. The van der Waals surface area contributed by atoms with Crippen molar-refractivity contribution in [1.29, 1.82) is 0 Å². The molecule has 78 valence electrons. The Morgan fingerprint density at radius 2 is 2.21 bits per heavy atom. The zero-order valence-corrected chi connectivity index (χ0v) is 11.5. The molecular formula is C11H14BrClS. The number of aryl methyl sites for hydroxylation is 1. The first kappa shape index (κ1) is 11.0. The molecule has 0 N–H and O–H groups in total. The summed E-state index contributed by atoms with van der Waals surface area (Å²) in [6, 6.07) is 2.16. The normalized spacial score (nSPS) is 20.9. The monoisotopic (exact) mass is 292 g/mol. The topological polar surface area (TPSA) is 0 Å². The first-order chi connectivity index (χ1) is 6.59.